The van der Waals surface area contributed by atoms with Crippen LogP contribution in [-0.2, 0) is 0 Å². The molecule has 0 spiro atoms. The molecule has 2 aromatic carbocycles. The number of hydrogen-bond donors (Lipinski definition) is 3. The number of fused-ring (bicyclic) bond motifs is 1. The van der Waals surface area contributed by atoms with Crippen LogP contribution in [0.15, 0.2) is 57.9 Å². The molecule has 0 radical (unpaired) electrons. The Balaban J connectivity index is 1.68. The van der Waals surface area contributed by atoms with Gasteiger partial charge in [-0.15, -0.1) is 0 Å². The maximum atomic E-state index is 12.3. The average molecular weight is 378 g/mol. The first-order chi connectivity index (χ1) is 13.3. The second-order valence-electron chi connectivity index (χ2n) is 6.74. The molecular weight excluding hydrogens is 356 g/mol. The van der Waals surface area contributed by atoms with Crippen molar-refractivity contribution in [1.29, 1.82) is 0 Å². The van der Waals surface area contributed by atoms with Crippen molar-refractivity contribution in [3.8, 4) is 0 Å². The van der Waals surface area contributed by atoms with Gasteiger partial charge in [-0.1, -0.05) is 0 Å². The van der Waals surface area contributed by atoms with E-state index in [-0.39, 0.29) is 17.9 Å². The fourth-order valence-corrected chi connectivity index (χ4v) is 2.71. The molecule has 0 atom stereocenters. The first-order valence-corrected chi connectivity index (χ1v) is 8.88. The lowest BCUT2D eigenvalue weighted by Crippen LogP contribution is -2.36. The summed E-state index contributed by atoms with van der Waals surface area (Å²) in [6.45, 7) is 5.63. The summed E-state index contributed by atoms with van der Waals surface area (Å²) in [6.07, 6.45) is 0. The van der Waals surface area contributed by atoms with Gasteiger partial charge in [0.1, 0.15) is 11.3 Å². The highest BCUT2D eigenvalue weighted by Gasteiger charge is 2.11. The molecular formula is C21H22N4O3. The third kappa shape index (κ3) is 4.56. The zero-order valence-electron chi connectivity index (χ0n) is 15.9. The third-order valence-corrected chi connectivity index (χ3v) is 3.94. The van der Waals surface area contributed by atoms with Gasteiger partial charge >= 0.3 is 0 Å². The van der Waals surface area contributed by atoms with E-state index in [9.17, 15) is 9.59 Å². The Labute approximate surface area is 162 Å². The predicted molar refractivity (Wildman–Crippen MR) is 109 cm³/mol. The van der Waals surface area contributed by atoms with E-state index in [1.54, 1.807) is 36.4 Å². The van der Waals surface area contributed by atoms with Crippen LogP contribution in [0.3, 0.4) is 0 Å². The lowest BCUT2D eigenvalue weighted by atomic mass is 10.1. The van der Waals surface area contributed by atoms with Crippen LogP contribution in [0.2, 0.25) is 0 Å². The van der Waals surface area contributed by atoms with E-state index in [2.05, 4.69) is 15.6 Å². The van der Waals surface area contributed by atoms with Gasteiger partial charge in [0.15, 0.2) is 0 Å². The molecule has 7 heteroatoms. The molecule has 28 heavy (non-hydrogen) atoms. The van der Waals surface area contributed by atoms with Crippen LogP contribution in [0.4, 0.5) is 5.69 Å². The van der Waals surface area contributed by atoms with Gasteiger partial charge in [-0.3, -0.25) is 14.9 Å². The summed E-state index contributed by atoms with van der Waals surface area (Å²) in [5.74, 6) is 0.194. The molecule has 0 aliphatic carbocycles. The van der Waals surface area contributed by atoms with Crippen molar-refractivity contribution in [2.24, 2.45) is 10.7 Å². The van der Waals surface area contributed by atoms with Crippen molar-refractivity contribution in [2.45, 2.75) is 26.8 Å². The van der Waals surface area contributed by atoms with E-state index in [4.69, 9.17) is 10.2 Å². The van der Waals surface area contributed by atoms with Crippen LogP contribution in [0, 0.1) is 6.92 Å². The Kier molecular flexibility index (Phi) is 5.44. The van der Waals surface area contributed by atoms with E-state index in [1.807, 2.05) is 32.9 Å². The number of rotatable bonds is 4. The second kappa shape index (κ2) is 7.96. The Morgan fingerprint density at radius 3 is 2.29 bits per heavy atom. The van der Waals surface area contributed by atoms with Gasteiger partial charge in [0.2, 0.25) is 5.96 Å². The fourth-order valence-electron chi connectivity index (χ4n) is 2.71. The fraction of sp³-hybridized carbons (Fsp3) is 0.190. The summed E-state index contributed by atoms with van der Waals surface area (Å²) in [7, 11) is 0. The van der Waals surface area contributed by atoms with Gasteiger partial charge in [-0.25, -0.2) is 4.99 Å². The SMILES string of the molecule is Cc1cc2cc(N=C(N)NC(=O)c3ccc(C(=O)NC(C)C)cc3)ccc2o1. The van der Waals surface area contributed by atoms with Crippen LogP contribution in [0.1, 0.15) is 40.3 Å². The van der Waals surface area contributed by atoms with Crippen molar-refractivity contribution >= 4 is 34.4 Å². The molecule has 0 bridgehead atoms. The number of nitrogens with zero attached hydrogens (tertiary/aromatic N) is 1. The highest BCUT2D eigenvalue weighted by molar-refractivity contribution is 6.06. The lowest BCUT2D eigenvalue weighted by Gasteiger charge is -2.09. The summed E-state index contributed by atoms with van der Waals surface area (Å²) in [5.41, 5.74) is 8.08. The maximum Gasteiger partial charge on any atom is 0.257 e. The maximum absolute atomic E-state index is 12.3. The highest BCUT2D eigenvalue weighted by Crippen LogP contribution is 2.24. The topological polar surface area (TPSA) is 110 Å². The number of nitrogens with one attached hydrogen (secondary N) is 2. The molecule has 0 saturated heterocycles. The molecule has 0 aliphatic rings. The second-order valence-corrected chi connectivity index (χ2v) is 6.74. The molecule has 7 nitrogen and oxygen atoms in total. The summed E-state index contributed by atoms with van der Waals surface area (Å²) >= 11 is 0. The first kappa shape index (κ1) is 19.2. The van der Waals surface area contributed by atoms with Crippen molar-refractivity contribution < 1.29 is 14.0 Å². The van der Waals surface area contributed by atoms with E-state index < -0.39 is 5.91 Å². The summed E-state index contributed by atoms with van der Waals surface area (Å²) in [4.78, 5) is 28.5. The molecule has 2 amide bonds. The molecule has 144 valence electrons. The Hall–Kier alpha value is -3.61. The number of carbonyl (C=O) groups excluding carboxylic acids is 2. The number of benzene rings is 2. The molecule has 0 aliphatic heterocycles. The normalized spacial score (nSPS) is 11.6. The van der Waals surface area contributed by atoms with Gasteiger partial charge in [-0.05, 0) is 69.3 Å². The zero-order chi connectivity index (χ0) is 20.3. The number of aliphatic imine (C=N–C) groups is 1. The first-order valence-electron chi connectivity index (χ1n) is 8.88. The summed E-state index contributed by atoms with van der Waals surface area (Å²) < 4.78 is 5.52. The number of furan rings is 1. The van der Waals surface area contributed by atoms with Gasteiger partial charge in [0.25, 0.3) is 11.8 Å². The van der Waals surface area contributed by atoms with Crippen molar-refractivity contribution in [3.63, 3.8) is 0 Å². The van der Waals surface area contributed by atoms with E-state index in [0.717, 1.165) is 16.7 Å². The zero-order valence-corrected chi connectivity index (χ0v) is 15.9. The van der Waals surface area contributed by atoms with Crippen molar-refractivity contribution in [1.82, 2.24) is 10.6 Å². The molecule has 0 unspecified atom stereocenters. The van der Waals surface area contributed by atoms with Crippen LogP contribution in [0.5, 0.6) is 0 Å². The van der Waals surface area contributed by atoms with E-state index >= 15 is 0 Å². The van der Waals surface area contributed by atoms with E-state index in [1.165, 1.54) is 0 Å². The molecule has 1 heterocycles. The Morgan fingerprint density at radius 2 is 1.64 bits per heavy atom. The highest BCUT2D eigenvalue weighted by atomic mass is 16.3. The van der Waals surface area contributed by atoms with Crippen molar-refractivity contribution in [2.75, 3.05) is 0 Å². The van der Waals surface area contributed by atoms with E-state index in [0.29, 0.717) is 16.8 Å². The van der Waals surface area contributed by atoms with Crippen LogP contribution in [0.25, 0.3) is 11.0 Å². The number of carbonyl (C=O) groups is 2. The van der Waals surface area contributed by atoms with Gasteiger partial charge in [0, 0.05) is 22.6 Å². The number of aryl methyl sites for hydroxylation is 1. The minimum Gasteiger partial charge on any atom is -0.461 e. The van der Waals surface area contributed by atoms with Gasteiger partial charge < -0.3 is 15.5 Å². The number of amides is 2. The smallest absolute Gasteiger partial charge is 0.257 e. The molecule has 4 N–H and O–H groups in total. The molecule has 0 saturated carbocycles. The number of guanidine groups is 1. The van der Waals surface area contributed by atoms with Crippen LogP contribution < -0.4 is 16.4 Å². The predicted octanol–water partition coefficient (Wildman–Crippen LogP) is 3.26. The minimum atomic E-state index is -0.405. The lowest BCUT2D eigenvalue weighted by molar-refractivity contribution is 0.0939. The monoisotopic (exact) mass is 378 g/mol. The molecule has 1 aromatic heterocycles. The van der Waals surface area contributed by atoms with Crippen molar-refractivity contribution in [3.05, 3.63) is 65.4 Å². The summed E-state index contributed by atoms with van der Waals surface area (Å²) in [5, 5.41) is 6.25. The van der Waals surface area contributed by atoms with Crippen LogP contribution >= 0.6 is 0 Å². The number of nitrogens with two attached hydrogens (primary N) is 1. The van der Waals surface area contributed by atoms with Gasteiger partial charge in [0.05, 0.1) is 5.69 Å². The molecule has 3 rings (SSSR count). The third-order valence-electron chi connectivity index (χ3n) is 3.94. The quantitative estimate of drug-likeness (QED) is 0.478. The Morgan fingerprint density at radius 1 is 1.00 bits per heavy atom. The average Bonchev–Trinajstić information content (AvgIpc) is 3.00. The largest absolute Gasteiger partial charge is 0.461 e. The standard InChI is InChI=1S/C21H22N4O3/c1-12(2)23-19(26)14-4-6-15(7-5-14)20(27)25-21(22)24-17-8-9-18-16(11-17)10-13(3)28-18/h4-12H,1-3H3,(H,23,26)(H3,22,24,25,27). The minimum absolute atomic E-state index is 0.0220. The number of hydrogen-bond acceptors (Lipinski definition) is 4. The molecule has 0 fully saturated rings. The summed E-state index contributed by atoms with van der Waals surface area (Å²) in [6, 6.07) is 13.6. The molecule has 3 aromatic rings. The van der Waals surface area contributed by atoms with Crippen LogP contribution in [-0.4, -0.2) is 23.8 Å². The Bertz CT molecular complexity index is 1050. The van der Waals surface area contributed by atoms with Gasteiger partial charge in [-0.2, -0.15) is 0 Å².